The maximum Gasteiger partial charge on any atom is 0.191 e. The summed E-state index contributed by atoms with van der Waals surface area (Å²) in [6.07, 6.45) is 6.01. The van der Waals surface area contributed by atoms with Crippen molar-refractivity contribution in [1.29, 1.82) is 0 Å². The Kier molecular flexibility index (Phi) is 8.61. The van der Waals surface area contributed by atoms with Crippen molar-refractivity contribution in [3.8, 4) is 0 Å². The number of halogens is 1. The van der Waals surface area contributed by atoms with E-state index in [1.807, 2.05) is 18.8 Å². The van der Waals surface area contributed by atoms with Gasteiger partial charge in [0.05, 0.1) is 0 Å². The van der Waals surface area contributed by atoms with Crippen molar-refractivity contribution in [2.24, 2.45) is 4.99 Å². The predicted octanol–water partition coefficient (Wildman–Crippen LogP) is 3.87. The zero-order valence-electron chi connectivity index (χ0n) is 14.0. The Labute approximate surface area is 156 Å². The van der Waals surface area contributed by atoms with E-state index in [0.29, 0.717) is 6.04 Å². The number of benzene rings is 1. The number of rotatable bonds is 4. The molecule has 0 spiro atoms. The van der Waals surface area contributed by atoms with Crippen LogP contribution in [0.15, 0.2) is 23.2 Å². The van der Waals surface area contributed by atoms with Crippen molar-refractivity contribution < 1.29 is 0 Å². The highest BCUT2D eigenvalue weighted by atomic mass is 127. The first-order valence-corrected chi connectivity index (χ1v) is 8.97. The maximum absolute atomic E-state index is 4.35. The third kappa shape index (κ3) is 5.65. The molecule has 124 valence electrons. The minimum Gasteiger partial charge on any atom is -0.354 e. The molecule has 1 fully saturated rings. The normalized spacial score (nSPS) is 21.4. The van der Waals surface area contributed by atoms with Crippen LogP contribution in [-0.4, -0.2) is 30.6 Å². The van der Waals surface area contributed by atoms with Gasteiger partial charge >= 0.3 is 0 Å². The average Bonchev–Trinajstić information content (AvgIpc) is 2.92. The molecule has 1 aliphatic carbocycles. The number of hydrogen-bond donors (Lipinski definition) is 2. The van der Waals surface area contributed by atoms with Gasteiger partial charge in [0.15, 0.2) is 5.96 Å². The standard InChI is InChI=1S/C17H27N3S.HI/c1-12-5-6-14(13(2)9-12)11-19-17(18-3)20-15-7-8-16(10-15)21-4;/h5-6,9,15-16H,7-8,10-11H2,1-4H3,(H2,18,19,20);1H. The van der Waals surface area contributed by atoms with Gasteiger partial charge in [-0.3, -0.25) is 4.99 Å². The SMILES string of the molecule is CN=C(NCc1ccc(C)cc1C)NC1CCC(SC)C1.I. The lowest BCUT2D eigenvalue weighted by molar-refractivity contribution is 0.614. The fourth-order valence-corrected chi connectivity index (χ4v) is 3.69. The zero-order valence-corrected chi connectivity index (χ0v) is 17.1. The second-order valence-electron chi connectivity index (χ2n) is 5.87. The highest BCUT2D eigenvalue weighted by Gasteiger charge is 2.24. The second-order valence-corrected chi connectivity index (χ2v) is 7.01. The Morgan fingerprint density at radius 2 is 2.09 bits per heavy atom. The van der Waals surface area contributed by atoms with E-state index in [2.05, 4.69) is 53.9 Å². The molecule has 2 N–H and O–H groups in total. The lowest BCUT2D eigenvalue weighted by Crippen LogP contribution is -2.42. The molecule has 0 aromatic heterocycles. The lowest BCUT2D eigenvalue weighted by atomic mass is 10.1. The average molecular weight is 433 g/mol. The topological polar surface area (TPSA) is 36.4 Å². The van der Waals surface area contributed by atoms with Crippen molar-refractivity contribution in [3.63, 3.8) is 0 Å². The lowest BCUT2D eigenvalue weighted by Gasteiger charge is -2.18. The number of guanidine groups is 1. The van der Waals surface area contributed by atoms with E-state index >= 15 is 0 Å². The summed E-state index contributed by atoms with van der Waals surface area (Å²) in [6, 6.07) is 7.16. The van der Waals surface area contributed by atoms with E-state index in [1.165, 1.54) is 36.0 Å². The smallest absolute Gasteiger partial charge is 0.191 e. The fourth-order valence-electron chi connectivity index (χ4n) is 2.90. The van der Waals surface area contributed by atoms with Crippen LogP contribution in [0.3, 0.4) is 0 Å². The molecule has 2 unspecified atom stereocenters. The number of aryl methyl sites for hydroxylation is 2. The van der Waals surface area contributed by atoms with E-state index < -0.39 is 0 Å². The van der Waals surface area contributed by atoms with Crippen molar-refractivity contribution in [3.05, 3.63) is 34.9 Å². The number of nitrogens with zero attached hydrogens (tertiary/aromatic N) is 1. The fraction of sp³-hybridized carbons (Fsp3) is 0.588. The Morgan fingerprint density at radius 3 is 2.68 bits per heavy atom. The molecule has 0 heterocycles. The molecule has 1 saturated carbocycles. The summed E-state index contributed by atoms with van der Waals surface area (Å²) in [5, 5.41) is 7.80. The van der Waals surface area contributed by atoms with Gasteiger partial charge in [0, 0.05) is 24.9 Å². The van der Waals surface area contributed by atoms with Gasteiger partial charge in [0.1, 0.15) is 0 Å². The van der Waals surface area contributed by atoms with Crippen LogP contribution in [0.4, 0.5) is 0 Å². The molecule has 3 nitrogen and oxygen atoms in total. The highest BCUT2D eigenvalue weighted by Crippen LogP contribution is 2.28. The van der Waals surface area contributed by atoms with Crippen molar-refractivity contribution in [2.75, 3.05) is 13.3 Å². The van der Waals surface area contributed by atoms with Gasteiger partial charge in [-0.2, -0.15) is 11.8 Å². The summed E-state index contributed by atoms with van der Waals surface area (Å²) in [7, 11) is 1.85. The van der Waals surface area contributed by atoms with Crippen molar-refractivity contribution >= 4 is 41.7 Å². The van der Waals surface area contributed by atoms with Crippen LogP contribution in [0.25, 0.3) is 0 Å². The van der Waals surface area contributed by atoms with Gasteiger partial charge in [-0.1, -0.05) is 23.8 Å². The molecule has 1 aromatic carbocycles. The van der Waals surface area contributed by atoms with Crippen LogP contribution in [-0.2, 0) is 6.54 Å². The van der Waals surface area contributed by atoms with Gasteiger partial charge < -0.3 is 10.6 Å². The van der Waals surface area contributed by atoms with Gasteiger partial charge in [0.25, 0.3) is 0 Å². The van der Waals surface area contributed by atoms with Crippen molar-refractivity contribution in [1.82, 2.24) is 10.6 Å². The van der Waals surface area contributed by atoms with Crippen LogP contribution < -0.4 is 10.6 Å². The van der Waals surface area contributed by atoms with Gasteiger partial charge in [0.2, 0.25) is 0 Å². The monoisotopic (exact) mass is 433 g/mol. The third-order valence-electron chi connectivity index (χ3n) is 4.23. The van der Waals surface area contributed by atoms with Crippen LogP contribution in [0.1, 0.15) is 36.0 Å². The first-order chi connectivity index (χ1) is 10.1. The third-order valence-corrected chi connectivity index (χ3v) is 5.32. The molecule has 1 aliphatic rings. The van der Waals surface area contributed by atoms with E-state index in [9.17, 15) is 0 Å². The number of thioether (sulfide) groups is 1. The molecule has 2 rings (SSSR count). The summed E-state index contributed by atoms with van der Waals surface area (Å²) >= 11 is 1.98. The van der Waals surface area contributed by atoms with Gasteiger partial charge in [-0.25, -0.2) is 0 Å². The molecule has 0 bridgehead atoms. The van der Waals surface area contributed by atoms with Crippen LogP contribution >= 0.6 is 35.7 Å². The largest absolute Gasteiger partial charge is 0.354 e. The number of aliphatic imine (C=N–C) groups is 1. The summed E-state index contributed by atoms with van der Waals surface area (Å²) in [5.74, 6) is 0.918. The quantitative estimate of drug-likeness (QED) is 0.430. The zero-order chi connectivity index (χ0) is 15.2. The number of hydrogen-bond acceptors (Lipinski definition) is 2. The van der Waals surface area contributed by atoms with E-state index in [0.717, 1.165) is 17.8 Å². The predicted molar refractivity (Wildman–Crippen MR) is 110 cm³/mol. The van der Waals surface area contributed by atoms with Crippen LogP contribution in [0.5, 0.6) is 0 Å². The first kappa shape index (κ1) is 19.6. The molecular weight excluding hydrogens is 405 g/mol. The minimum absolute atomic E-state index is 0. The van der Waals surface area contributed by atoms with E-state index in [1.54, 1.807) is 0 Å². The summed E-state index contributed by atoms with van der Waals surface area (Å²) in [6.45, 7) is 5.12. The minimum atomic E-state index is 0. The second kappa shape index (κ2) is 9.65. The summed E-state index contributed by atoms with van der Waals surface area (Å²) < 4.78 is 0. The molecule has 22 heavy (non-hydrogen) atoms. The Bertz CT molecular complexity index is 505. The Hall–Kier alpha value is -0.430. The van der Waals surface area contributed by atoms with Crippen LogP contribution in [0, 0.1) is 13.8 Å². The van der Waals surface area contributed by atoms with E-state index in [-0.39, 0.29) is 24.0 Å². The maximum atomic E-state index is 4.35. The van der Waals surface area contributed by atoms with Gasteiger partial charge in [-0.05, 0) is 50.5 Å². The van der Waals surface area contributed by atoms with E-state index in [4.69, 9.17) is 0 Å². The molecule has 1 aromatic rings. The molecule has 2 atom stereocenters. The molecule has 0 aliphatic heterocycles. The van der Waals surface area contributed by atoms with Crippen LogP contribution in [0.2, 0.25) is 0 Å². The first-order valence-electron chi connectivity index (χ1n) is 7.68. The molecule has 0 saturated heterocycles. The van der Waals surface area contributed by atoms with Gasteiger partial charge in [-0.15, -0.1) is 24.0 Å². The Morgan fingerprint density at radius 1 is 1.32 bits per heavy atom. The van der Waals surface area contributed by atoms with Crippen molar-refractivity contribution in [2.45, 2.75) is 50.9 Å². The summed E-state index contributed by atoms with van der Waals surface area (Å²) in [5.41, 5.74) is 3.98. The Balaban J connectivity index is 0.00000242. The highest BCUT2D eigenvalue weighted by molar-refractivity contribution is 14.0. The molecule has 0 radical (unpaired) electrons. The molecule has 5 heteroatoms. The number of nitrogens with one attached hydrogen (secondary N) is 2. The summed E-state index contributed by atoms with van der Waals surface area (Å²) in [4.78, 5) is 4.35. The molecular formula is C17H28IN3S. The molecule has 0 amide bonds.